The van der Waals surface area contributed by atoms with Crippen molar-refractivity contribution >= 4 is 11.4 Å². The fourth-order valence-electron chi connectivity index (χ4n) is 0.187. The van der Waals surface area contributed by atoms with Gasteiger partial charge in [0, 0.05) is 0 Å². The quantitative estimate of drug-likeness (QED) is 0.278. The second-order valence-corrected chi connectivity index (χ2v) is 1.43. The Bertz CT molecular complexity index is 108. The first-order valence-corrected chi connectivity index (χ1v) is 2.21. The summed E-state index contributed by atoms with van der Waals surface area (Å²) in [4.78, 5) is 0. The molecule has 0 rings (SSSR count). The summed E-state index contributed by atoms with van der Waals surface area (Å²) < 4.78 is 0. The van der Waals surface area contributed by atoms with Gasteiger partial charge < -0.3 is 11.7 Å². The van der Waals surface area contributed by atoms with E-state index in [-0.39, 0.29) is 0 Å². The standard InChI is InChI=1S/C4H10N4/c1-3(7-5)4(2)8-6/h5-6H2,1-2H3/b7-3-,8-4+. The first-order chi connectivity index (χ1) is 3.72. The van der Waals surface area contributed by atoms with Crippen LogP contribution in [-0.2, 0) is 0 Å². The van der Waals surface area contributed by atoms with Crippen molar-refractivity contribution in [2.24, 2.45) is 21.9 Å². The van der Waals surface area contributed by atoms with E-state index in [9.17, 15) is 0 Å². The van der Waals surface area contributed by atoms with Crippen LogP contribution in [0.5, 0.6) is 0 Å². The molecule has 8 heavy (non-hydrogen) atoms. The lowest BCUT2D eigenvalue weighted by molar-refractivity contribution is 1.22. The molecule has 0 atom stereocenters. The molecular formula is C4H10N4. The van der Waals surface area contributed by atoms with Gasteiger partial charge in [-0.2, -0.15) is 10.2 Å². The van der Waals surface area contributed by atoms with Crippen molar-refractivity contribution in [1.82, 2.24) is 0 Å². The largest absolute Gasteiger partial charge is 0.323 e. The van der Waals surface area contributed by atoms with E-state index in [0.29, 0.717) is 11.4 Å². The molecule has 0 aliphatic heterocycles. The van der Waals surface area contributed by atoms with Crippen LogP contribution >= 0.6 is 0 Å². The highest BCUT2D eigenvalue weighted by atomic mass is 15.2. The minimum atomic E-state index is 0.660. The Morgan fingerprint density at radius 1 is 1.00 bits per heavy atom. The molecule has 0 radical (unpaired) electrons. The molecule has 0 unspecified atom stereocenters. The number of nitrogens with zero attached hydrogens (tertiary/aromatic N) is 2. The normalized spacial score (nSPS) is 14.2. The molecule has 0 bridgehead atoms. The molecule has 0 aromatic carbocycles. The van der Waals surface area contributed by atoms with E-state index >= 15 is 0 Å². The topological polar surface area (TPSA) is 76.8 Å². The fourth-order valence-corrected chi connectivity index (χ4v) is 0.187. The van der Waals surface area contributed by atoms with Crippen LogP contribution in [0.15, 0.2) is 10.2 Å². The molecule has 0 spiro atoms. The van der Waals surface area contributed by atoms with E-state index in [4.69, 9.17) is 11.7 Å². The zero-order valence-corrected chi connectivity index (χ0v) is 5.05. The van der Waals surface area contributed by atoms with Gasteiger partial charge in [-0.05, 0) is 13.8 Å². The summed E-state index contributed by atoms with van der Waals surface area (Å²) in [6.45, 7) is 3.48. The van der Waals surface area contributed by atoms with Gasteiger partial charge in [0.15, 0.2) is 0 Å². The van der Waals surface area contributed by atoms with Crippen LogP contribution in [-0.4, -0.2) is 11.4 Å². The average Bonchev–Trinajstić information content (AvgIpc) is 1.84. The van der Waals surface area contributed by atoms with Gasteiger partial charge in [0.1, 0.15) is 0 Å². The van der Waals surface area contributed by atoms with Crippen molar-refractivity contribution in [2.45, 2.75) is 13.8 Å². The highest BCUT2D eigenvalue weighted by Gasteiger charge is 1.91. The average molecular weight is 114 g/mol. The molecular weight excluding hydrogens is 104 g/mol. The minimum absolute atomic E-state index is 0.660. The Balaban J connectivity index is 4.04. The number of hydrogen-bond acceptors (Lipinski definition) is 4. The molecule has 0 saturated heterocycles. The third-order valence-electron chi connectivity index (χ3n) is 0.911. The van der Waals surface area contributed by atoms with Gasteiger partial charge in [0.25, 0.3) is 0 Å². The first kappa shape index (κ1) is 6.94. The van der Waals surface area contributed by atoms with Crippen molar-refractivity contribution in [2.75, 3.05) is 0 Å². The van der Waals surface area contributed by atoms with Crippen molar-refractivity contribution in [3.8, 4) is 0 Å². The molecule has 0 heterocycles. The van der Waals surface area contributed by atoms with Crippen molar-refractivity contribution in [3.63, 3.8) is 0 Å². The van der Waals surface area contributed by atoms with Crippen LogP contribution in [0.3, 0.4) is 0 Å². The number of hydrogen-bond donors (Lipinski definition) is 2. The van der Waals surface area contributed by atoms with E-state index in [1.165, 1.54) is 0 Å². The molecule has 0 fully saturated rings. The molecule has 0 aliphatic rings. The second-order valence-electron chi connectivity index (χ2n) is 1.43. The Morgan fingerprint density at radius 2 is 1.25 bits per heavy atom. The molecule has 0 aromatic heterocycles. The molecule has 4 nitrogen and oxygen atoms in total. The molecule has 4 heteroatoms. The van der Waals surface area contributed by atoms with Gasteiger partial charge in [-0.25, -0.2) is 0 Å². The molecule has 0 saturated carbocycles. The number of hydrazone groups is 2. The predicted molar refractivity (Wildman–Crippen MR) is 34.6 cm³/mol. The zero-order valence-electron chi connectivity index (χ0n) is 5.05. The van der Waals surface area contributed by atoms with Crippen LogP contribution in [0.4, 0.5) is 0 Å². The van der Waals surface area contributed by atoms with E-state index in [1.807, 2.05) is 0 Å². The summed E-state index contributed by atoms with van der Waals surface area (Å²) in [5.74, 6) is 9.80. The first-order valence-electron chi connectivity index (χ1n) is 2.21. The third kappa shape index (κ3) is 1.59. The smallest absolute Gasteiger partial charge is 0.0798 e. The van der Waals surface area contributed by atoms with Crippen molar-refractivity contribution in [3.05, 3.63) is 0 Å². The third-order valence-corrected chi connectivity index (χ3v) is 0.911. The van der Waals surface area contributed by atoms with E-state index in [1.54, 1.807) is 13.8 Å². The van der Waals surface area contributed by atoms with Crippen molar-refractivity contribution in [1.29, 1.82) is 0 Å². The maximum absolute atomic E-state index is 4.90. The molecule has 46 valence electrons. The van der Waals surface area contributed by atoms with Crippen LogP contribution < -0.4 is 11.7 Å². The summed E-state index contributed by atoms with van der Waals surface area (Å²) >= 11 is 0. The highest BCUT2D eigenvalue weighted by molar-refractivity contribution is 6.40. The highest BCUT2D eigenvalue weighted by Crippen LogP contribution is 1.76. The summed E-state index contributed by atoms with van der Waals surface area (Å²) in [5.41, 5.74) is 1.32. The Morgan fingerprint density at radius 3 is 1.38 bits per heavy atom. The van der Waals surface area contributed by atoms with E-state index < -0.39 is 0 Å². The van der Waals surface area contributed by atoms with Gasteiger partial charge in [-0.15, -0.1) is 0 Å². The van der Waals surface area contributed by atoms with Gasteiger partial charge in [0.05, 0.1) is 11.4 Å². The molecule has 0 amide bonds. The van der Waals surface area contributed by atoms with Gasteiger partial charge in [-0.3, -0.25) is 0 Å². The Labute approximate surface area is 48.2 Å². The Kier molecular flexibility index (Phi) is 2.61. The van der Waals surface area contributed by atoms with Crippen LogP contribution in [0.25, 0.3) is 0 Å². The summed E-state index contributed by atoms with van der Waals surface area (Å²) in [6, 6.07) is 0. The number of nitrogens with two attached hydrogens (primary N) is 2. The molecule has 0 aliphatic carbocycles. The molecule has 4 N–H and O–H groups in total. The monoisotopic (exact) mass is 114 g/mol. The maximum atomic E-state index is 4.90. The van der Waals surface area contributed by atoms with E-state index in [2.05, 4.69) is 10.2 Å². The fraction of sp³-hybridized carbons (Fsp3) is 0.500. The second kappa shape index (κ2) is 3.01. The molecule has 0 aromatic rings. The van der Waals surface area contributed by atoms with Crippen LogP contribution in [0, 0.1) is 0 Å². The van der Waals surface area contributed by atoms with E-state index in [0.717, 1.165) is 0 Å². The SMILES string of the molecule is CC(=N/N)/C(C)=N/N. The van der Waals surface area contributed by atoms with Crippen LogP contribution in [0.1, 0.15) is 13.8 Å². The minimum Gasteiger partial charge on any atom is -0.323 e. The van der Waals surface area contributed by atoms with Crippen LogP contribution in [0.2, 0.25) is 0 Å². The summed E-state index contributed by atoms with van der Waals surface area (Å²) in [7, 11) is 0. The lowest BCUT2D eigenvalue weighted by Crippen LogP contribution is -2.09. The lowest BCUT2D eigenvalue weighted by Gasteiger charge is -1.91. The zero-order chi connectivity index (χ0) is 6.57. The number of rotatable bonds is 1. The van der Waals surface area contributed by atoms with Gasteiger partial charge >= 0.3 is 0 Å². The van der Waals surface area contributed by atoms with Crippen molar-refractivity contribution < 1.29 is 0 Å². The Hall–Kier alpha value is -1.06. The predicted octanol–water partition coefficient (Wildman–Crippen LogP) is -0.344. The summed E-state index contributed by atoms with van der Waals surface area (Å²) in [6.07, 6.45) is 0. The lowest BCUT2D eigenvalue weighted by atomic mass is 10.3. The summed E-state index contributed by atoms with van der Waals surface area (Å²) in [5, 5.41) is 6.73. The maximum Gasteiger partial charge on any atom is 0.0798 e. The van der Waals surface area contributed by atoms with Gasteiger partial charge in [-0.1, -0.05) is 0 Å². The van der Waals surface area contributed by atoms with Gasteiger partial charge in [0.2, 0.25) is 0 Å².